The van der Waals surface area contributed by atoms with Gasteiger partial charge in [-0.15, -0.1) is 10.2 Å². The van der Waals surface area contributed by atoms with Crippen LogP contribution in [0.2, 0.25) is 10.0 Å². The molecule has 10 heteroatoms. The van der Waals surface area contributed by atoms with Crippen LogP contribution in [0.5, 0.6) is 0 Å². The first kappa shape index (κ1) is 15.0. The molecule has 2 aromatic rings. The number of benzene rings is 1. The summed E-state index contributed by atoms with van der Waals surface area (Å²) in [7, 11) is -2.18. The maximum Gasteiger partial charge on any atom is 0.243 e. The molecule has 0 atom stereocenters. The Labute approximate surface area is 125 Å². The zero-order valence-electron chi connectivity index (χ0n) is 10.3. The first-order chi connectivity index (χ1) is 9.31. The molecule has 7 nitrogen and oxygen atoms in total. The molecule has 108 valence electrons. The average molecular weight is 336 g/mol. The smallest absolute Gasteiger partial charge is 0.243 e. The van der Waals surface area contributed by atoms with Crippen LogP contribution in [0.25, 0.3) is 0 Å². The lowest BCUT2D eigenvalue weighted by Gasteiger charge is -2.10. The molecule has 3 N–H and O–H groups in total. The zero-order chi connectivity index (χ0) is 14.9. The predicted octanol–water partition coefficient (Wildman–Crippen LogP) is 1.18. The van der Waals surface area contributed by atoms with Crippen molar-refractivity contribution >= 4 is 38.9 Å². The SMILES string of the molecule is Cn1cnnc1CNS(=O)(=O)c1c(Cl)cc(N)cc1Cl. The number of halogens is 2. The van der Waals surface area contributed by atoms with Crippen LogP contribution in [-0.4, -0.2) is 23.2 Å². The predicted molar refractivity (Wildman–Crippen MR) is 75.9 cm³/mol. The number of sulfonamides is 1. The second kappa shape index (κ2) is 5.57. The van der Waals surface area contributed by atoms with Crippen molar-refractivity contribution in [1.29, 1.82) is 0 Å². The van der Waals surface area contributed by atoms with Gasteiger partial charge in [-0.25, -0.2) is 13.1 Å². The van der Waals surface area contributed by atoms with Crippen LogP contribution < -0.4 is 10.5 Å². The summed E-state index contributed by atoms with van der Waals surface area (Å²) < 4.78 is 28.4. The van der Waals surface area contributed by atoms with Crippen LogP contribution in [0.15, 0.2) is 23.4 Å². The van der Waals surface area contributed by atoms with Crippen LogP contribution in [-0.2, 0) is 23.6 Å². The minimum absolute atomic E-state index is 0.0319. The van der Waals surface area contributed by atoms with E-state index in [4.69, 9.17) is 28.9 Å². The highest BCUT2D eigenvalue weighted by atomic mass is 35.5. The molecule has 0 aliphatic rings. The van der Waals surface area contributed by atoms with E-state index in [1.165, 1.54) is 18.5 Å². The Morgan fingerprint density at radius 2 is 1.95 bits per heavy atom. The van der Waals surface area contributed by atoms with Crippen molar-refractivity contribution in [2.45, 2.75) is 11.4 Å². The summed E-state index contributed by atoms with van der Waals surface area (Å²) in [4.78, 5) is -0.211. The van der Waals surface area contributed by atoms with Crippen molar-refractivity contribution in [2.24, 2.45) is 7.05 Å². The van der Waals surface area contributed by atoms with Crippen molar-refractivity contribution in [3.63, 3.8) is 0 Å². The molecule has 0 saturated heterocycles. The van der Waals surface area contributed by atoms with E-state index < -0.39 is 10.0 Å². The normalized spacial score (nSPS) is 11.8. The highest BCUT2D eigenvalue weighted by Crippen LogP contribution is 2.31. The molecule has 20 heavy (non-hydrogen) atoms. The molecule has 0 aliphatic carbocycles. The Hall–Kier alpha value is -1.35. The van der Waals surface area contributed by atoms with Crippen LogP contribution in [0, 0.1) is 0 Å². The maximum absolute atomic E-state index is 12.2. The number of hydrogen-bond donors (Lipinski definition) is 2. The highest BCUT2D eigenvalue weighted by Gasteiger charge is 2.22. The van der Waals surface area contributed by atoms with E-state index in [0.717, 1.165) is 0 Å². The number of anilines is 1. The van der Waals surface area contributed by atoms with E-state index in [1.807, 2.05) is 0 Å². The van der Waals surface area contributed by atoms with E-state index in [2.05, 4.69) is 14.9 Å². The third kappa shape index (κ3) is 3.04. The van der Waals surface area contributed by atoms with E-state index in [-0.39, 0.29) is 27.2 Å². The summed E-state index contributed by atoms with van der Waals surface area (Å²) in [5.41, 5.74) is 5.82. The topological polar surface area (TPSA) is 103 Å². The molecular weight excluding hydrogens is 325 g/mol. The van der Waals surface area contributed by atoms with Crippen LogP contribution in [0.4, 0.5) is 5.69 Å². The summed E-state index contributed by atoms with van der Waals surface area (Å²) in [5.74, 6) is 0.455. The molecular formula is C10H11Cl2N5O2S. The highest BCUT2D eigenvalue weighted by molar-refractivity contribution is 7.89. The second-order valence-corrected chi connectivity index (χ2v) is 6.51. The summed E-state index contributed by atoms with van der Waals surface area (Å²) >= 11 is 11.8. The average Bonchev–Trinajstić information content (AvgIpc) is 2.70. The fourth-order valence-corrected chi connectivity index (χ4v) is 3.74. The molecule has 0 saturated carbocycles. The lowest BCUT2D eigenvalue weighted by molar-refractivity contribution is 0.577. The Bertz CT molecular complexity index is 721. The molecule has 1 aromatic heterocycles. The third-order valence-corrected chi connectivity index (χ3v) is 4.84. The van der Waals surface area contributed by atoms with E-state index >= 15 is 0 Å². The maximum atomic E-state index is 12.2. The molecule has 0 bridgehead atoms. The van der Waals surface area contributed by atoms with Gasteiger partial charge in [0.05, 0.1) is 16.6 Å². The standard InChI is InChI=1S/C10H11Cl2N5O2S/c1-17-5-14-16-9(17)4-15-20(18,19)10-7(11)2-6(13)3-8(10)12/h2-3,5,15H,4,13H2,1H3. The molecule has 0 aliphatic heterocycles. The van der Waals surface area contributed by atoms with Gasteiger partial charge in [-0.1, -0.05) is 23.2 Å². The number of nitrogens with one attached hydrogen (secondary N) is 1. The minimum atomic E-state index is -3.88. The Morgan fingerprint density at radius 1 is 1.35 bits per heavy atom. The van der Waals surface area contributed by atoms with Crippen molar-refractivity contribution in [3.05, 3.63) is 34.3 Å². The van der Waals surface area contributed by atoms with Gasteiger partial charge in [-0.2, -0.15) is 0 Å². The van der Waals surface area contributed by atoms with Crippen molar-refractivity contribution in [1.82, 2.24) is 19.5 Å². The summed E-state index contributed by atoms with van der Waals surface area (Å²) in [6.07, 6.45) is 1.47. The number of aromatic nitrogens is 3. The van der Waals surface area contributed by atoms with E-state index in [0.29, 0.717) is 5.82 Å². The number of nitrogen functional groups attached to an aromatic ring is 1. The van der Waals surface area contributed by atoms with Crippen molar-refractivity contribution in [2.75, 3.05) is 5.73 Å². The van der Waals surface area contributed by atoms with Gasteiger partial charge in [0.2, 0.25) is 10.0 Å². The van der Waals surface area contributed by atoms with Gasteiger partial charge < -0.3 is 10.3 Å². The molecule has 0 radical (unpaired) electrons. The van der Waals surface area contributed by atoms with Gasteiger partial charge in [0.15, 0.2) is 0 Å². The van der Waals surface area contributed by atoms with Gasteiger partial charge in [0.25, 0.3) is 0 Å². The number of aryl methyl sites for hydroxylation is 1. The van der Waals surface area contributed by atoms with E-state index in [9.17, 15) is 8.42 Å². The zero-order valence-corrected chi connectivity index (χ0v) is 12.7. The third-order valence-electron chi connectivity index (χ3n) is 2.51. The van der Waals surface area contributed by atoms with Crippen molar-refractivity contribution < 1.29 is 8.42 Å². The summed E-state index contributed by atoms with van der Waals surface area (Å²) in [6.45, 7) is -0.0319. The molecule has 2 rings (SSSR count). The van der Waals surface area contributed by atoms with E-state index in [1.54, 1.807) is 11.6 Å². The largest absolute Gasteiger partial charge is 0.399 e. The second-order valence-electron chi connectivity index (χ2n) is 4.00. The summed E-state index contributed by atoms with van der Waals surface area (Å²) in [5, 5.41) is 7.34. The van der Waals surface area contributed by atoms with Gasteiger partial charge in [0.1, 0.15) is 17.0 Å². The van der Waals surface area contributed by atoms with Crippen LogP contribution in [0.3, 0.4) is 0 Å². The molecule has 0 unspecified atom stereocenters. The fourth-order valence-electron chi connectivity index (χ4n) is 1.54. The monoisotopic (exact) mass is 335 g/mol. The molecule has 0 fully saturated rings. The van der Waals surface area contributed by atoms with Crippen molar-refractivity contribution in [3.8, 4) is 0 Å². The lowest BCUT2D eigenvalue weighted by atomic mass is 10.3. The lowest BCUT2D eigenvalue weighted by Crippen LogP contribution is -2.25. The van der Waals surface area contributed by atoms with Gasteiger partial charge in [-0.05, 0) is 12.1 Å². The number of nitrogens with zero attached hydrogens (tertiary/aromatic N) is 3. The number of rotatable bonds is 4. The Kier molecular flexibility index (Phi) is 4.19. The molecule has 0 spiro atoms. The van der Waals surface area contributed by atoms with Gasteiger partial charge in [-0.3, -0.25) is 0 Å². The number of hydrogen-bond acceptors (Lipinski definition) is 5. The Balaban J connectivity index is 2.30. The molecule has 1 heterocycles. The first-order valence-corrected chi connectivity index (χ1v) is 7.62. The van der Waals surface area contributed by atoms with Crippen LogP contribution >= 0.6 is 23.2 Å². The van der Waals surface area contributed by atoms with Crippen LogP contribution in [0.1, 0.15) is 5.82 Å². The Morgan fingerprint density at radius 3 is 2.45 bits per heavy atom. The fraction of sp³-hybridized carbons (Fsp3) is 0.200. The molecule has 0 amide bonds. The van der Waals surface area contributed by atoms with Gasteiger partial charge >= 0.3 is 0 Å². The minimum Gasteiger partial charge on any atom is -0.399 e. The quantitative estimate of drug-likeness (QED) is 0.816. The first-order valence-electron chi connectivity index (χ1n) is 5.38. The molecule has 1 aromatic carbocycles. The van der Waals surface area contributed by atoms with Gasteiger partial charge in [0, 0.05) is 12.7 Å². The number of nitrogens with two attached hydrogens (primary N) is 1. The summed E-state index contributed by atoms with van der Waals surface area (Å²) in [6, 6.07) is 2.65.